The van der Waals surface area contributed by atoms with Gasteiger partial charge in [-0.25, -0.2) is 0 Å². The summed E-state index contributed by atoms with van der Waals surface area (Å²) in [6.07, 6.45) is 0.198. The molecule has 0 saturated heterocycles. The van der Waals surface area contributed by atoms with Crippen molar-refractivity contribution in [3.05, 3.63) is 112 Å². The topological polar surface area (TPSA) is 78.5 Å². The molecule has 7 heteroatoms. The van der Waals surface area contributed by atoms with Gasteiger partial charge in [-0.3, -0.25) is 18.6 Å². The van der Waals surface area contributed by atoms with Crippen LogP contribution in [0.4, 0.5) is 0 Å². The molecule has 0 aliphatic carbocycles. The lowest BCUT2D eigenvalue weighted by atomic mass is 9.89. The van der Waals surface area contributed by atoms with Gasteiger partial charge in [0, 0.05) is 13.0 Å². The van der Waals surface area contributed by atoms with E-state index in [1.54, 1.807) is 11.4 Å². The summed E-state index contributed by atoms with van der Waals surface area (Å²) in [4.78, 5) is 25.7. The lowest BCUT2D eigenvalue weighted by molar-refractivity contribution is -0.145. The highest BCUT2D eigenvalue weighted by Crippen LogP contribution is 2.28. The number of carbonyl (C=O) groups excluding carboxylic acids is 1. The predicted molar refractivity (Wildman–Crippen MR) is 130 cm³/mol. The molecule has 3 aromatic carbocycles. The van der Waals surface area contributed by atoms with Crippen molar-refractivity contribution in [2.75, 3.05) is 0 Å². The Kier molecular flexibility index (Phi) is 5.67. The number of benzene rings is 3. The molecular weight excluding hydrogens is 428 g/mol. The minimum atomic E-state index is -0.334. The fraction of sp³-hybridized carbons (Fsp3) is 0.185. The van der Waals surface area contributed by atoms with Gasteiger partial charge in [-0.15, -0.1) is 10.2 Å². The third-order valence-corrected chi connectivity index (χ3v) is 6.08. The molecule has 0 aliphatic rings. The Morgan fingerprint density at radius 3 is 2.24 bits per heavy atom. The van der Waals surface area contributed by atoms with Crippen molar-refractivity contribution in [3.63, 3.8) is 0 Å². The monoisotopic (exact) mass is 452 g/mol. The Hall–Kier alpha value is -4.26. The molecule has 0 N–H and O–H groups in total. The number of fused-ring (bicyclic) bond motifs is 3. The van der Waals surface area contributed by atoms with Crippen LogP contribution in [-0.4, -0.2) is 25.1 Å². The first-order valence-corrected chi connectivity index (χ1v) is 11.1. The summed E-state index contributed by atoms with van der Waals surface area (Å²) in [7, 11) is 1.66. The zero-order valence-corrected chi connectivity index (χ0v) is 19.0. The fourth-order valence-electron chi connectivity index (χ4n) is 4.32. The third-order valence-electron chi connectivity index (χ3n) is 6.08. The minimum absolute atomic E-state index is 0.0442. The van der Waals surface area contributed by atoms with Crippen LogP contribution in [-0.2, 0) is 23.2 Å². The van der Waals surface area contributed by atoms with Crippen molar-refractivity contribution < 1.29 is 9.53 Å². The SMILES string of the molecule is Cc1ccc2c(c1)c(=O)n(C)c1nnc(COC(=O)CC(c3ccccc3)c3ccccc3)n21. The molecule has 2 aromatic heterocycles. The summed E-state index contributed by atoms with van der Waals surface area (Å²) < 4.78 is 8.89. The lowest BCUT2D eigenvalue weighted by Crippen LogP contribution is -2.21. The van der Waals surface area contributed by atoms with Crippen LogP contribution in [0.5, 0.6) is 0 Å². The number of esters is 1. The molecule has 0 fully saturated rings. The second-order valence-corrected chi connectivity index (χ2v) is 8.38. The smallest absolute Gasteiger partial charge is 0.307 e. The highest BCUT2D eigenvalue weighted by molar-refractivity contribution is 5.81. The summed E-state index contributed by atoms with van der Waals surface area (Å²) in [5, 5.41) is 8.95. The first-order valence-electron chi connectivity index (χ1n) is 11.1. The number of nitrogens with zero attached hydrogens (tertiary/aromatic N) is 4. The second-order valence-electron chi connectivity index (χ2n) is 8.38. The summed E-state index contributed by atoms with van der Waals surface area (Å²) in [6, 6.07) is 25.5. The summed E-state index contributed by atoms with van der Waals surface area (Å²) in [5.41, 5.74) is 3.63. The molecule has 170 valence electrons. The number of aromatic nitrogens is 4. The van der Waals surface area contributed by atoms with Gasteiger partial charge >= 0.3 is 5.97 Å². The van der Waals surface area contributed by atoms with Crippen molar-refractivity contribution >= 4 is 22.6 Å². The number of carbonyl (C=O) groups is 1. The van der Waals surface area contributed by atoms with Crippen molar-refractivity contribution in [1.29, 1.82) is 0 Å². The van der Waals surface area contributed by atoms with E-state index in [-0.39, 0.29) is 30.5 Å². The maximum absolute atomic E-state index is 12.9. The van der Waals surface area contributed by atoms with Crippen molar-refractivity contribution in [2.45, 2.75) is 25.9 Å². The van der Waals surface area contributed by atoms with E-state index in [9.17, 15) is 9.59 Å². The highest BCUT2D eigenvalue weighted by atomic mass is 16.5. The molecule has 0 atom stereocenters. The van der Waals surface area contributed by atoms with E-state index in [2.05, 4.69) is 10.2 Å². The molecular formula is C27H24N4O3. The first-order chi connectivity index (χ1) is 16.5. The van der Waals surface area contributed by atoms with Crippen LogP contribution in [0.15, 0.2) is 83.7 Å². The van der Waals surface area contributed by atoms with E-state index in [1.807, 2.05) is 85.8 Å². The Labute approximate surface area is 196 Å². The number of ether oxygens (including phenoxy) is 1. The molecule has 0 aliphatic heterocycles. The van der Waals surface area contributed by atoms with Gasteiger partial charge in [0.2, 0.25) is 5.78 Å². The predicted octanol–water partition coefficient (Wildman–Crippen LogP) is 4.16. The Bertz CT molecular complexity index is 1500. The molecule has 0 amide bonds. The molecule has 34 heavy (non-hydrogen) atoms. The summed E-state index contributed by atoms with van der Waals surface area (Å²) in [6.45, 7) is 1.89. The van der Waals surface area contributed by atoms with Crippen molar-refractivity contribution in [3.8, 4) is 0 Å². The average molecular weight is 453 g/mol. The largest absolute Gasteiger partial charge is 0.457 e. The maximum Gasteiger partial charge on any atom is 0.307 e. The summed E-state index contributed by atoms with van der Waals surface area (Å²) in [5.74, 6) is 0.414. The van der Waals surface area contributed by atoms with Gasteiger partial charge in [0.25, 0.3) is 5.56 Å². The second kappa shape index (κ2) is 8.94. The van der Waals surface area contributed by atoms with E-state index in [4.69, 9.17) is 4.74 Å². The van der Waals surface area contributed by atoms with Gasteiger partial charge in [0.05, 0.1) is 17.3 Å². The normalized spacial score (nSPS) is 11.4. The van der Waals surface area contributed by atoms with Gasteiger partial charge in [-0.2, -0.15) is 0 Å². The number of hydrogen-bond acceptors (Lipinski definition) is 5. The van der Waals surface area contributed by atoms with Crippen molar-refractivity contribution in [2.24, 2.45) is 7.05 Å². The van der Waals surface area contributed by atoms with E-state index in [0.717, 1.165) is 16.7 Å². The van der Waals surface area contributed by atoms with Crippen LogP contribution in [0, 0.1) is 6.92 Å². The summed E-state index contributed by atoms with van der Waals surface area (Å²) >= 11 is 0. The van der Waals surface area contributed by atoms with E-state index >= 15 is 0 Å². The minimum Gasteiger partial charge on any atom is -0.457 e. The molecule has 0 unspecified atom stereocenters. The van der Waals surface area contributed by atoms with Gasteiger partial charge in [-0.05, 0) is 30.2 Å². The van der Waals surface area contributed by atoms with Crippen LogP contribution >= 0.6 is 0 Å². The van der Waals surface area contributed by atoms with Gasteiger partial charge < -0.3 is 4.74 Å². The van der Waals surface area contributed by atoms with Crippen LogP contribution in [0.2, 0.25) is 0 Å². The number of aryl methyl sites for hydroxylation is 2. The quantitative estimate of drug-likeness (QED) is 0.362. The lowest BCUT2D eigenvalue weighted by Gasteiger charge is -2.17. The Morgan fingerprint density at radius 2 is 1.59 bits per heavy atom. The van der Waals surface area contributed by atoms with E-state index < -0.39 is 0 Å². The molecule has 0 saturated carbocycles. The third kappa shape index (κ3) is 3.96. The zero-order valence-electron chi connectivity index (χ0n) is 19.0. The van der Waals surface area contributed by atoms with Gasteiger partial charge in [0.1, 0.15) is 0 Å². The standard InChI is InChI=1S/C27H24N4O3/c1-18-13-14-23-22(15-18)26(33)30(2)27-29-28-24(31(23)27)17-34-25(32)16-21(19-9-5-3-6-10-19)20-11-7-4-8-12-20/h3-15,21H,16-17H2,1-2H3. The number of hydrogen-bond donors (Lipinski definition) is 0. The first kappa shape index (κ1) is 21.6. The Morgan fingerprint density at radius 1 is 0.941 bits per heavy atom. The maximum atomic E-state index is 12.9. The molecule has 2 heterocycles. The molecule has 0 radical (unpaired) electrons. The molecule has 5 rings (SSSR count). The zero-order chi connectivity index (χ0) is 23.7. The highest BCUT2D eigenvalue weighted by Gasteiger charge is 2.21. The molecule has 0 spiro atoms. The Balaban J connectivity index is 1.43. The van der Waals surface area contributed by atoms with Gasteiger partial charge in [-0.1, -0.05) is 72.3 Å². The average Bonchev–Trinajstić information content (AvgIpc) is 3.30. The van der Waals surface area contributed by atoms with Crippen LogP contribution in [0.3, 0.4) is 0 Å². The van der Waals surface area contributed by atoms with Gasteiger partial charge in [0.15, 0.2) is 12.4 Å². The van der Waals surface area contributed by atoms with Crippen molar-refractivity contribution in [1.82, 2.24) is 19.2 Å². The molecule has 0 bridgehead atoms. The van der Waals surface area contributed by atoms with E-state index in [0.29, 0.717) is 22.5 Å². The fourth-order valence-corrected chi connectivity index (χ4v) is 4.32. The van der Waals surface area contributed by atoms with Crippen LogP contribution in [0.25, 0.3) is 16.7 Å². The van der Waals surface area contributed by atoms with Crippen LogP contribution < -0.4 is 5.56 Å². The van der Waals surface area contributed by atoms with Crippen LogP contribution in [0.1, 0.15) is 34.9 Å². The van der Waals surface area contributed by atoms with E-state index in [1.165, 1.54) is 4.57 Å². The molecule has 7 nitrogen and oxygen atoms in total. The molecule has 5 aromatic rings. The number of rotatable bonds is 6.